The second kappa shape index (κ2) is 11.5. The van der Waals surface area contributed by atoms with Crippen molar-refractivity contribution < 1.29 is 17.9 Å². The van der Waals surface area contributed by atoms with Crippen LogP contribution in [-0.2, 0) is 14.8 Å². The number of piperidine rings is 1. The molecule has 196 valence electrons. The van der Waals surface area contributed by atoms with Crippen LogP contribution in [0.1, 0.15) is 19.3 Å². The minimum atomic E-state index is -3.93. The monoisotopic (exact) mass is 573 g/mol. The number of amides is 1. The third-order valence-corrected chi connectivity index (χ3v) is 9.69. The van der Waals surface area contributed by atoms with Crippen molar-refractivity contribution in [2.24, 2.45) is 5.41 Å². The first kappa shape index (κ1) is 27.5. The normalized spacial score (nSPS) is 21.9. The van der Waals surface area contributed by atoms with Gasteiger partial charge in [-0.2, -0.15) is 4.31 Å². The number of hydrogen-bond acceptors (Lipinski definition) is 5. The zero-order valence-corrected chi connectivity index (χ0v) is 23.2. The van der Waals surface area contributed by atoms with E-state index in [1.54, 1.807) is 30.3 Å². The molecule has 2 aromatic rings. The number of hydrogen-bond donors (Lipinski definition) is 0. The van der Waals surface area contributed by atoms with Gasteiger partial charge in [-0.15, -0.1) is 0 Å². The van der Waals surface area contributed by atoms with Crippen LogP contribution in [0.3, 0.4) is 0 Å². The Morgan fingerprint density at radius 1 is 0.972 bits per heavy atom. The molecular weight excluding hydrogens is 545 g/mol. The molecule has 11 heteroatoms. The molecule has 1 atom stereocenters. The Morgan fingerprint density at radius 2 is 1.64 bits per heavy atom. The number of halogens is 3. The molecule has 2 heterocycles. The van der Waals surface area contributed by atoms with Crippen LogP contribution in [0.25, 0.3) is 0 Å². The van der Waals surface area contributed by atoms with Crippen LogP contribution in [0, 0.1) is 5.41 Å². The van der Waals surface area contributed by atoms with Gasteiger partial charge < -0.3 is 14.5 Å². The predicted octanol–water partition coefficient (Wildman–Crippen LogP) is 4.66. The molecule has 0 aliphatic carbocycles. The predicted molar refractivity (Wildman–Crippen MR) is 143 cm³/mol. The maximum absolute atomic E-state index is 13.6. The molecule has 2 aliphatic heterocycles. The van der Waals surface area contributed by atoms with E-state index < -0.39 is 15.4 Å². The van der Waals surface area contributed by atoms with Gasteiger partial charge in [0.1, 0.15) is 10.6 Å². The van der Waals surface area contributed by atoms with Gasteiger partial charge in [-0.25, -0.2) is 8.42 Å². The van der Waals surface area contributed by atoms with Gasteiger partial charge in [0.2, 0.25) is 15.9 Å². The summed E-state index contributed by atoms with van der Waals surface area (Å²) in [6.45, 7) is 3.61. The smallest absolute Gasteiger partial charge is 0.244 e. The maximum atomic E-state index is 13.6. The highest BCUT2D eigenvalue weighted by Crippen LogP contribution is 2.39. The van der Waals surface area contributed by atoms with Crippen LogP contribution in [-0.4, -0.2) is 81.4 Å². The van der Waals surface area contributed by atoms with E-state index in [1.807, 2.05) is 11.9 Å². The van der Waals surface area contributed by atoms with Crippen LogP contribution in [0.5, 0.6) is 5.75 Å². The van der Waals surface area contributed by atoms with Gasteiger partial charge >= 0.3 is 0 Å². The number of sulfonamides is 1. The second-order valence-electron chi connectivity index (χ2n) is 9.62. The van der Waals surface area contributed by atoms with E-state index in [9.17, 15) is 13.2 Å². The van der Waals surface area contributed by atoms with E-state index in [0.29, 0.717) is 43.2 Å². The molecule has 0 aromatic heterocycles. The molecule has 0 N–H and O–H groups in total. The van der Waals surface area contributed by atoms with Crippen molar-refractivity contribution in [3.05, 3.63) is 57.5 Å². The summed E-state index contributed by atoms with van der Waals surface area (Å²) in [5, 5.41) is 0.995. The molecule has 2 fully saturated rings. The van der Waals surface area contributed by atoms with Crippen molar-refractivity contribution in [2.45, 2.75) is 24.2 Å². The van der Waals surface area contributed by atoms with Gasteiger partial charge in [0, 0.05) is 61.1 Å². The van der Waals surface area contributed by atoms with Crippen molar-refractivity contribution in [1.82, 2.24) is 14.1 Å². The van der Waals surface area contributed by atoms with Crippen molar-refractivity contribution in [3.8, 4) is 5.75 Å². The number of benzene rings is 2. The Labute approximate surface area is 227 Å². The van der Waals surface area contributed by atoms with Crippen LogP contribution in [0.15, 0.2) is 47.4 Å². The van der Waals surface area contributed by atoms with Crippen molar-refractivity contribution in [3.63, 3.8) is 0 Å². The van der Waals surface area contributed by atoms with E-state index in [-0.39, 0.29) is 40.4 Å². The highest BCUT2D eigenvalue weighted by atomic mass is 35.5. The molecule has 0 spiro atoms. The number of likely N-dealkylation sites (N-methyl/N-ethyl adjacent to an activating group) is 1. The largest absolute Gasteiger partial charge is 0.493 e. The van der Waals surface area contributed by atoms with E-state index >= 15 is 0 Å². The van der Waals surface area contributed by atoms with Crippen LogP contribution in [0.2, 0.25) is 15.1 Å². The van der Waals surface area contributed by atoms with Gasteiger partial charge in [-0.3, -0.25) is 4.79 Å². The Kier molecular flexibility index (Phi) is 8.75. The molecular formula is C25H30Cl3N3O4S. The number of ether oxygens (including phenoxy) is 1. The summed E-state index contributed by atoms with van der Waals surface area (Å²) in [5.74, 6) is 0.631. The molecule has 0 bridgehead atoms. The molecule has 2 aliphatic rings. The quantitative estimate of drug-likeness (QED) is 0.481. The summed E-state index contributed by atoms with van der Waals surface area (Å²) in [5.41, 5.74) is -0.698. The highest BCUT2D eigenvalue weighted by Gasteiger charge is 2.43. The minimum absolute atomic E-state index is 0.0165. The molecule has 0 radical (unpaired) electrons. The standard InChI is InChI=1S/C25H30Cl3N3O4S/c1-29-11-13-30(14-12-29)24(32)16-25(18-35-21-6-3-19(26)4-7-21)9-2-10-31(17-25)36(33,34)23-15-20(27)5-8-22(23)28/h3-8,15H,2,9-14,16-18H2,1H3/t25-/m0/s1. The molecule has 0 saturated carbocycles. The molecule has 4 rings (SSSR count). The summed E-state index contributed by atoms with van der Waals surface area (Å²) in [4.78, 5) is 17.4. The lowest BCUT2D eigenvalue weighted by molar-refractivity contribution is -0.136. The Bertz CT molecular complexity index is 1190. The van der Waals surface area contributed by atoms with Crippen molar-refractivity contribution >= 4 is 50.7 Å². The van der Waals surface area contributed by atoms with Gasteiger partial charge in [0.05, 0.1) is 11.6 Å². The summed E-state index contributed by atoms with van der Waals surface area (Å²) in [6.07, 6.45) is 1.45. The average molecular weight is 575 g/mol. The molecule has 36 heavy (non-hydrogen) atoms. The fourth-order valence-corrected chi connectivity index (χ4v) is 7.21. The van der Waals surface area contributed by atoms with E-state index in [2.05, 4.69) is 4.90 Å². The number of rotatable bonds is 7. The number of carbonyl (C=O) groups is 1. The zero-order valence-electron chi connectivity index (χ0n) is 20.1. The molecule has 0 unspecified atom stereocenters. The summed E-state index contributed by atoms with van der Waals surface area (Å²) < 4.78 is 34.7. The SMILES string of the molecule is CN1CCN(C(=O)C[C@@]2(COc3ccc(Cl)cc3)CCCN(S(=O)(=O)c3cc(Cl)ccc3Cl)C2)CC1. The molecule has 2 saturated heterocycles. The zero-order chi connectivity index (χ0) is 25.9. The second-order valence-corrected chi connectivity index (χ2v) is 12.8. The molecule has 2 aromatic carbocycles. The van der Waals surface area contributed by atoms with Gasteiger partial charge in [0.15, 0.2) is 0 Å². The van der Waals surface area contributed by atoms with Crippen LogP contribution >= 0.6 is 34.8 Å². The summed E-state index contributed by atoms with van der Waals surface area (Å²) >= 11 is 18.3. The average Bonchev–Trinajstić information content (AvgIpc) is 2.85. The first-order valence-corrected chi connectivity index (χ1v) is 14.5. The van der Waals surface area contributed by atoms with Gasteiger partial charge in [-0.05, 0) is 62.4 Å². The van der Waals surface area contributed by atoms with Crippen molar-refractivity contribution in [2.75, 3.05) is 52.9 Å². The summed E-state index contributed by atoms with van der Waals surface area (Å²) in [6, 6.07) is 11.4. The lowest BCUT2D eigenvalue weighted by Crippen LogP contribution is -2.53. The fourth-order valence-electron chi connectivity index (χ4n) is 4.75. The van der Waals surface area contributed by atoms with Crippen LogP contribution in [0.4, 0.5) is 0 Å². The highest BCUT2D eigenvalue weighted by molar-refractivity contribution is 7.89. The first-order chi connectivity index (χ1) is 17.1. The topological polar surface area (TPSA) is 70.2 Å². The Balaban J connectivity index is 1.59. The number of carbonyl (C=O) groups excluding carboxylic acids is 1. The van der Waals surface area contributed by atoms with Crippen LogP contribution < -0.4 is 4.74 Å². The van der Waals surface area contributed by atoms with E-state index in [4.69, 9.17) is 39.5 Å². The Morgan fingerprint density at radius 3 is 2.33 bits per heavy atom. The van der Waals surface area contributed by atoms with E-state index in [0.717, 1.165) is 13.1 Å². The first-order valence-electron chi connectivity index (χ1n) is 11.9. The molecule has 1 amide bonds. The lowest BCUT2D eigenvalue weighted by Gasteiger charge is -2.43. The van der Waals surface area contributed by atoms with Crippen molar-refractivity contribution in [1.29, 1.82) is 0 Å². The van der Waals surface area contributed by atoms with E-state index in [1.165, 1.54) is 16.4 Å². The fraction of sp³-hybridized carbons (Fsp3) is 0.480. The minimum Gasteiger partial charge on any atom is -0.493 e. The third kappa shape index (κ3) is 6.47. The number of nitrogens with zero attached hydrogens (tertiary/aromatic N) is 3. The summed E-state index contributed by atoms with van der Waals surface area (Å²) in [7, 11) is -1.89. The van der Waals surface area contributed by atoms with Gasteiger partial charge in [0.25, 0.3) is 0 Å². The molecule has 7 nitrogen and oxygen atoms in total. The number of piperazine rings is 1. The maximum Gasteiger partial charge on any atom is 0.244 e. The lowest BCUT2D eigenvalue weighted by atomic mass is 9.78. The Hall–Kier alpha value is -1.55. The van der Waals surface area contributed by atoms with Gasteiger partial charge in [-0.1, -0.05) is 34.8 Å². The third-order valence-electron chi connectivity index (χ3n) is 6.88.